The number of hydrogen-bond acceptors (Lipinski definition) is 5. The molecule has 0 aliphatic heterocycles. The molecule has 0 amide bonds. The van der Waals surface area contributed by atoms with Gasteiger partial charge in [0.25, 0.3) is 0 Å². The highest BCUT2D eigenvalue weighted by Gasteiger charge is 2.07. The van der Waals surface area contributed by atoms with Gasteiger partial charge in [-0.2, -0.15) is 5.26 Å². The lowest BCUT2D eigenvalue weighted by atomic mass is 10.2. The van der Waals surface area contributed by atoms with Crippen LogP contribution >= 0.6 is 11.8 Å². The SMILES string of the molecule is COc1cc(CN(C)c2ccc(C#N)cn2)ccc1SC. The van der Waals surface area contributed by atoms with E-state index < -0.39 is 0 Å². The maximum atomic E-state index is 8.79. The van der Waals surface area contributed by atoms with Crippen LogP contribution in [0.4, 0.5) is 5.82 Å². The van der Waals surface area contributed by atoms with Crippen molar-refractivity contribution in [3.63, 3.8) is 0 Å². The molecule has 0 spiro atoms. The predicted molar refractivity (Wildman–Crippen MR) is 85.8 cm³/mol. The van der Waals surface area contributed by atoms with Gasteiger partial charge in [-0.3, -0.25) is 0 Å². The number of anilines is 1. The lowest BCUT2D eigenvalue weighted by molar-refractivity contribution is 0.404. The van der Waals surface area contributed by atoms with Crippen LogP contribution in [-0.4, -0.2) is 25.4 Å². The van der Waals surface area contributed by atoms with Gasteiger partial charge in [-0.15, -0.1) is 11.8 Å². The largest absolute Gasteiger partial charge is 0.496 e. The van der Waals surface area contributed by atoms with E-state index in [1.54, 1.807) is 31.1 Å². The van der Waals surface area contributed by atoms with Crippen molar-refractivity contribution in [2.24, 2.45) is 0 Å². The minimum Gasteiger partial charge on any atom is -0.496 e. The molecule has 0 bridgehead atoms. The second kappa shape index (κ2) is 7.00. The summed E-state index contributed by atoms with van der Waals surface area (Å²) in [5, 5.41) is 8.79. The molecule has 1 aromatic carbocycles. The van der Waals surface area contributed by atoms with Crippen LogP contribution in [0.3, 0.4) is 0 Å². The van der Waals surface area contributed by atoms with Crippen LogP contribution in [0, 0.1) is 11.3 Å². The highest BCUT2D eigenvalue weighted by molar-refractivity contribution is 7.98. The number of methoxy groups -OCH3 is 1. The van der Waals surface area contributed by atoms with Gasteiger partial charge < -0.3 is 9.64 Å². The molecule has 0 atom stereocenters. The molecule has 108 valence electrons. The molecule has 0 radical (unpaired) electrons. The predicted octanol–water partition coefficient (Wildman–Crippen LogP) is 3.32. The van der Waals surface area contributed by atoms with E-state index in [9.17, 15) is 0 Å². The molecule has 1 aromatic heterocycles. The zero-order valence-electron chi connectivity index (χ0n) is 12.3. The molecule has 5 heteroatoms. The molecule has 0 aliphatic carbocycles. The van der Waals surface area contributed by atoms with Gasteiger partial charge in [0.05, 0.1) is 12.7 Å². The van der Waals surface area contributed by atoms with Crippen molar-refractivity contribution in [3.05, 3.63) is 47.7 Å². The monoisotopic (exact) mass is 299 g/mol. The fourth-order valence-electron chi connectivity index (χ4n) is 2.01. The lowest BCUT2D eigenvalue weighted by Gasteiger charge is -2.19. The first-order valence-electron chi connectivity index (χ1n) is 6.46. The first kappa shape index (κ1) is 15.2. The number of aromatic nitrogens is 1. The molecule has 2 rings (SSSR count). The molecule has 4 nitrogen and oxygen atoms in total. The molecular weight excluding hydrogens is 282 g/mol. The van der Waals surface area contributed by atoms with E-state index in [-0.39, 0.29) is 0 Å². The van der Waals surface area contributed by atoms with Crippen molar-refractivity contribution < 1.29 is 4.74 Å². The molecule has 0 N–H and O–H groups in total. The number of benzene rings is 1. The normalized spacial score (nSPS) is 10.0. The van der Waals surface area contributed by atoms with Crippen LogP contribution in [0.25, 0.3) is 0 Å². The maximum Gasteiger partial charge on any atom is 0.132 e. The Morgan fingerprint density at radius 3 is 2.71 bits per heavy atom. The Kier molecular flexibility index (Phi) is 5.07. The third kappa shape index (κ3) is 3.67. The van der Waals surface area contributed by atoms with Gasteiger partial charge in [0, 0.05) is 24.7 Å². The Bertz CT molecular complexity index is 650. The maximum absolute atomic E-state index is 8.79. The van der Waals surface area contributed by atoms with Gasteiger partial charge in [-0.25, -0.2) is 4.98 Å². The number of hydrogen-bond donors (Lipinski definition) is 0. The number of thioether (sulfide) groups is 1. The standard InChI is InChI=1S/C16H17N3OS/c1-19(16-7-5-13(9-17)10-18-16)11-12-4-6-15(21-3)14(8-12)20-2/h4-8,10H,11H2,1-3H3. The summed E-state index contributed by atoms with van der Waals surface area (Å²) >= 11 is 1.67. The van der Waals surface area contributed by atoms with Crippen LogP contribution in [0.15, 0.2) is 41.4 Å². The van der Waals surface area contributed by atoms with Crippen molar-refractivity contribution in [3.8, 4) is 11.8 Å². The molecule has 2 aromatic rings. The van der Waals surface area contributed by atoms with E-state index in [0.717, 1.165) is 28.6 Å². The number of rotatable bonds is 5. The molecule has 0 aliphatic rings. The summed E-state index contributed by atoms with van der Waals surface area (Å²) < 4.78 is 5.40. The van der Waals surface area contributed by atoms with Crippen molar-refractivity contribution in [1.82, 2.24) is 4.98 Å². The summed E-state index contributed by atoms with van der Waals surface area (Å²) in [4.78, 5) is 7.45. The van der Waals surface area contributed by atoms with Crippen LogP contribution < -0.4 is 9.64 Å². The van der Waals surface area contributed by atoms with Gasteiger partial charge in [0.2, 0.25) is 0 Å². The van der Waals surface area contributed by atoms with Crippen molar-refractivity contribution in [1.29, 1.82) is 5.26 Å². The van der Waals surface area contributed by atoms with Crippen molar-refractivity contribution in [2.45, 2.75) is 11.4 Å². The Hall–Kier alpha value is -2.19. The zero-order chi connectivity index (χ0) is 15.2. The van der Waals surface area contributed by atoms with Gasteiger partial charge in [-0.05, 0) is 36.1 Å². The highest BCUT2D eigenvalue weighted by Crippen LogP contribution is 2.29. The van der Waals surface area contributed by atoms with Crippen molar-refractivity contribution >= 4 is 17.6 Å². The van der Waals surface area contributed by atoms with E-state index in [2.05, 4.69) is 23.2 Å². The second-order valence-corrected chi connectivity index (χ2v) is 5.41. The quantitative estimate of drug-likeness (QED) is 0.793. The first-order valence-corrected chi connectivity index (χ1v) is 7.68. The van der Waals surface area contributed by atoms with Gasteiger partial charge in [-0.1, -0.05) is 6.07 Å². The topological polar surface area (TPSA) is 49.1 Å². The number of ether oxygens (including phenoxy) is 1. The van der Waals surface area contributed by atoms with Gasteiger partial charge in [0.1, 0.15) is 17.6 Å². The van der Waals surface area contributed by atoms with E-state index in [1.807, 2.05) is 30.3 Å². The van der Waals surface area contributed by atoms with E-state index in [1.165, 1.54) is 0 Å². The molecule has 0 saturated heterocycles. The average Bonchev–Trinajstić information content (AvgIpc) is 2.54. The zero-order valence-corrected chi connectivity index (χ0v) is 13.1. The third-order valence-corrected chi connectivity index (χ3v) is 3.91. The summed E-state index contributed by atoms with van der Waals surface area (Å²) in [6.45, 7) is 0.726. The summed E-state index contributed by atoms with van der Waals surface area (Å²) in [7, 11) is 3.66. The minimum absolute atomic E-state index is 0.568. The van der Waals surface area contributed by atoms with Crippen LogP contribution in [0.2, 0.25) is 0 Å². The van der Waals surface area contributed by atoms with E-state index in [0.29, 0.717) is 5.56 Å². The fraction of sp³-hybridized carbons (Fsp3) is 0.250. The van der Waals surface area contributed by atoms with Gasteiger partial charge >= 0.3 is 0 Å². The Morgan fingerprint density at radius 1 is 1.33 bits per heavy atom. The Labute approximate surface area is 129 Å². The van der Waals surface area contributed by atoms with Crippen molar-refractivity contribution in [2.75, 3.05) is 25.3 Å². The summed E-state index contributed by atoms with van der Waals surface area (Å²) in [5.74, 6) is 1.73. The highest BCUT2D eigenvalue weighted by atomic mass is 32.2. The van der Waals surface area contributed by atoms with Gasteiger partial charge in [0.15, 0.2) is 0 Å². The van der Waals surface area contributed by atoms with E-state index in [4.69, 9.17) is 10.00 Å². The number of pyridine rings is 1. The third-order valence-electron chi connectivity index (χ3n) is 3.14. The molecule has 0 saturated carbocycles. The summed E-state index contributed by atoms with van der Waals surface area (Å²) in [6, 6.07) is 11.9. The van der Waals surface area contributed by atoms with Crippen LogP contribution in [0.5, 0.6) is 5.75 Å². The summed E-state index contributed by atoms with van der Waals surface area (Å²) in [6.07, 6.45) is 3.62. The van der Waals surface area contributed by atoms with Crippen LogP contribution in [0.1, 0.15) is 11.1 Å². The minimum atomic E-state index is 0.568. The molecule has 0 unspecified atom stereocenters. The second-order valence-electron chi connectivity index (χ2n) is 4.56. The lowest BCUT2D eigenvalue weighted by Crippen LogP contribution is -2.17. The average molecular weight is 299 g/mol. The molecular formula is C16H17N3OS. The van der Waals surface area contributed by atoms with E-state index >= 15 is 0 Å². The first-order chi connectivity index (χ1) is 10.2. The Morgan fingerprint density at radius 2 is 2.14 bits per heavy atom. The molecule has 21 heavy (non-hydrogen) atoms. The Balaban J connectivity index is 2.15. The van der Waals surface area contributed by atoms with Crippen LogP contribution in [-0.2, 0) is 6.54 Å². The molecule has 0 fully saturated rings. The number of nitrogens with zero attached hydrogens (tertiary/aromatic N) is 3. The number of nitriles is 1. The fourth-order valence-corrected chi connectivity index (χ4v) is 2.56. The summed E-state index contributed by atoms with van der Waals surface area (Å²) in [5.41, 5.74) is 1.72. The molecule has 1 heterocycles. The smallest absolute Gasteiger partial charge is 0.132 e.